The number of methoxy groups -OCH3 is 1. The molecule has 1 aliphatic heterocycles. The summed E-state index contributed by atoms with van der Waals surface area (Å²) in [5.41, 5.74) is -0.0152. The molecule has 1 atom stereocenters. The molecule has 0 aliphatic carbocycles. The zero-order chi connectivity index (χ0) is 23.6. The van der Waals surface area contributed by atoms with Crippen LogP contribution in [0.5, 0.6) is 5.75 Å². The van der Waals surface area contributed by atoms with Crippen LogP contribution in [0.3, 0.4) is 0 Å². The molecule has 0 N–H and O–H groups in total. The molecule has 1 unspecified atom stereocenters. The predicted molar refractivity (Wildman–Crippen MR) is 114 cm³/mol. The van der Waals surface area contributed by atoms with E-state index < -0.39 is 11.7 Å². The Morgan fingerprint density at radius 3 is 2.52 bits per heavy atom. The van der Waals surface area contributed by atoms with E-state index in [1.165, 1.54) is 19.2 Å². The number of hydrogen-bond acceptors (Lipinski definition) is 6. The van der Waals surface area contributed by atoms with Crippen molar-refractivity contribution in [2.45, 2.75) is 19.1 Å². The lowest BCUT2D eigenvalue weighted by molar-refractivity contribution is -0.137. The van der Waals surface area contributed by atoms with E-state index in [1.807, 2.05) is 13.0 Å². The Morgan fingerprint density at radius 2 is 1.82 bits per heavy atom. The Bertz CT molecular complexity index is 1120. The van der Waals surface area contributed by atoms with Crippen LogP contribution in [0.25, 0.3) is 11.4 Å². The summed E-state index contributed by atoms with van der Waals surface area (Å²) in [6, 6.07) is 11.7. The molecule has 1 fully saturated rings. The third-order valence-electron chi connectivity index (χ3n) is 5.73. The number of piperazine rings is 1. The molecule has 4 rings (SSSR count). The zero-order valence-electron chi connectivity index (χ0n) is 18.2. The van der Waals surface area contributed by atoms with Crippen LogP contribution >= 0.6 is 0 Å². The first-order valence-corrected chi connectivity index (χ1v) is 10.5. The van der Waals surface area contributed by atoms with E-state index in [-0.39, 0.29) is 23.3 Å². The Balaban J connectivity index is 1.41. The van der Waals surface area contributed by atoms with Crippen LogP contribution in [-0.4, -0.2) is 59.1 Å². The molecule has 2 aromatic carbocycles. The van der Waals surface area contributed by atoms with E-state index in [4.69, 9.17) is 9.26 Å². The van der Waals surface area contributed by atoms with Gasteiger partial charge in [0.25, 0.3) is 5.91 Å². The fourth-order valence-electron chi connectivity index (χ4n) is 3.82. The Hall–Kier alpha value is -3.40. The molecule has 1 aromatic heterocycles. The summed E-state index contributed by atoms with van der Waals surface area (Å²) in [6.45, 7) is 4.08. The smallest absolute Gasteiger partial charge is 0.416 e. The van der Waals surface area contributed by atoms with Crippen LogP contribution in [0.1, 0.15) is 34.8 Å². The van der Waals surface area contributed by atoms with Crippen molar-refractivity contribution in [2.24, 2.45) is 0 Å². The van der Waals surface area contributed by atoms with Gasteiger partial charge in [-0.15, -0.1) is 0 Å². The molecule has 1 amide bonds. The van der Waals surface area contributed by atoms with Gasteiger partial charge in [0.2, 0.25) is 11.7 Å². The first-order chi connectivity index (χ1) is 15.8. The molecule has 2 heterocycles. The van der Waals surface area contributed by atoms with Gasteiger partial charge in [0.15, 0.2) is 0 Å². The van der Waals surface area contributed by atoms with Gasteiger partial charge in [-0.25, -0.2) is 0 Å². The predicted octanol–water partition coefficient (Wildman–Crippen LogP) is 4.28. The van der Waals surface area contributed by atoms with Crippen LogP contribution in [0.4, 0.5) is 13.2 Å². The van der Waals surface area contributed by atoms with Crippen molar-refractivity contribution in [2.75, 3.05) is 33.3 Å². The maximum Gasteiger partial charge on any atom is 0.416 e. The van der Waals surface area contributed by atoms with Crippen molar-refractivity contribution in [3.63, 3.8) is 0 Å². The van der Waals surface area contributed by atoms with E-state index in [1.54, 1.807) is 23.1 Å². The number of hydrogen-bond donors (Lipinski definition) is 0. The Labute approximate surface area is 188 Å². The molecule has 0 radical (unpaired) electrons. The summed E-state index contributed by atoms with van der Waals surface area (Å²) < 4.78 is 49.6. The number of para-hydroxylation sites is 1. The minimum absolute atomic E-state index is 0.0932. The summed E-state index contributed by atoms with van der Waals surface area (Å²) in [6.07, 6.45) is -4.45. The topological polar surface area (TPSA) is 71.7 Å². The number of alkyl halides is 3. The van der Waals surface area contributed by atoms with Crippen molar-refractivity contribution in [1.82, 2.24) is 19.9 Å². The molecule has 3 aromatic rings. The normalized spacial score (nSPS) is 16.0. The number of nitrogens with zero attached hydrogens (tertiary/aromatic N) is 4. The molecule has 0 bridgehead atoms. The second-order valence-corrected chi connectivity index (χ2v) is 7.74. The largest absolute Gasteiger partial charge is 0.496 e. The number of carbonyl (C=O) groups is 1. The van der Waals surface area contributed by atoms with Crippen LogP contribution in [0.2, 0.25) is 0 Å². The summed E-state index contributed by atoms with van der Waals surface area (Å²) in [5, 5.41) is 3.87. The molecular weight excluding hydrogens is 437 g/mol. The van der Waals surface area contributed by atoms with Crippen LogP contribution in [-0.2, 0) is 6.18 Å². The number of benzene rings is 2. The molecule has 0 spiro atoms. The highest BCUT2D eigenvalue weighted by Gasteiger charge is 2.32. The maximum absolute atomic E-state index is 13.0. The number of carbonyl (C=O) groups excluding carboxylic acids is 1. The minimum Gasteiger partial charge on any atom is -0.496 e. The first-order valence-electron chi connectivity index (χ1n) is 10.5. The maximum atomic E-state index is 13.0. The lowest BCUT2D eigenvalue weighted by Crippen LogP contribution is -2.49. The number of amides is 1. The second-order valence-electron chi connectivity index (χ2n) is 7.74. The molecule has 7 nitrogen and oxygen atoms in total. The molecule has 174 valence electrons. The van der Waals surface area contributed by atoms with Gasteiger partial charge in [0.1, 0.15) is 5.75 Å². The monoisotopic (exact) mass is 460 g/mol. The summed E-state index contributed by atoms with van der Waals surface area (Å²) >= 11 is 0. The third kappa shape index (κ3) is 4.85. The van der Waals surface area contributed by atoms with Crippen molar-refractivity contribution in [1.29, 1.82) is 0 Å². The van der Waals surface area contributed by atoms with E-state index in [0.717, 1.165) is 12.1 Å². The summed E-state index contributed by atoms with van der Waals surface area (Å²) in [4.78, 5) is 21.1. The van der Waals surface area contributed by atoms with Gasteiger partial charge in [-0.2, -0.15) is 18.2 Å². The molecule has 33 heavy (non-hydrogen) atoms. The van der Waals surface area contributed by atoms with Crippen molar-refractivity contribution in [3.05, 3.63) is 65.5 Å². The Morgan fingerprint density at radius 1 is 1.09 bits per heavy atom. The molecule has 1 saturated heterocycles. The second kappa shape index (κ2) is 9.22. The lowest BCUT2D eigenvalue weighted by atomic mass is 10.1. The third-order valence-corrected chi connectivity index (χ3v) is 5.73. The fourth-order valence-corrected chi connectivity index (χ4v) is 3.82. The molecule has 0 saturated carbocycles. The minimum atomic E-state index is -4.45. The van der Waals surface area contributed by atoms with Gasteiger partial charge in [0, 0.05) is 31.7 Å². The van der Waals surface area contributed by atoms with Gasteiger partial charge in [-0.3, -0.25) is 9.69 Å². The SMILES string of the molecule is COc1ccccc1C(=O)N1CCN(C(C)c2nc(-c3cccc(C(F)(F)F)c3)no2)CC1. The molecule has 10 heteroatoms. The van der Waals surface area contributed by atoms with E-state index in [9.17, 15) is 18.0 Å². The molecular formula is C23H23F3N4O3. The van der Waals surface area contributed by atoms with Crippen LogP contribution in [0, 0.1) is 0 Å². The standard InChI is InChI=1S/C23H23F3N4O3/c1-15(21-27-20(28-33-21)16-6-5-7-17(14-16)23(24,25)26)29-10-12-30(13-11-29)22(31)18-8-3-4-9-19(18)32-2/h3-9,14-15H,10-13H2,1-2H3. The highest BCUT2D eigenvalue weighted by molar-refractivity contribution is 5.97. The average Bonchev–Trinajstić information content (AvgIpc) is 3.33. The van der Waals surface area contributed by atoms with Gasteiger partial charge < -0.3 is 14.2 Å². The first kappa shape index (κ1) is 22.8. The van der Waals surface area contributed by atoms with Crippen LogP contribution in [0.15, 0.2) is 53.1 Å². The quantitative estimate of drug-likeness (QED) is 0.566. The van der Waals surface area contributed by atoms with Crippen LogP contribution < -0.4 is 4.74 Å². The van der Waals surface area contributed by atoms with E-state index >= 15 is 0 Å². The fraction of sp³-hybridized carbons (Fsp3) is 0.348. The van der Waals surface area contributed by atoms with Crippen molar-refractivity contribution in [3.8, 4) is 17.1 Å². The van der Waals surface area contributed by atoms with E-state index in [2.05, 4.69) is 15.0 Å². The average molecular weight is 460 g/mol. The highest BCUT2D eigenvalue weighted by Crippen LogP contribution is 2.32. The number of ether oxygens (including phenoxy) is 1. The number of rotatable bonds is 5. The van der Waals surface area contributed by atoms with Gasteiger partial charge >= 0.3 is 6.18 Å². The highest BCUT2D eigenvalue weighted by atomic mass is 19.4. The Kier molecular flexibility index (Phi) is 6.37. The summed E-state index contributed by atoms with van der Waals surface area (Å²) in [7, 11) is 1.53. The summed E-state index contributed by atoms with van der Waals surface area (Å²) in [5.74, 6) is 0.857. The van der Waals surface area contributed by atoms with Gasteiger partial charge in [0.05, 0.1) is 24.3 Å². The van der Waals surface area contributed by atoms with Gasteiger partial charge in [-0.1, -0.05) is 29.4 Å². The molecule has 1 aliphatic rings. The van der Waals surface area contributed by atoms with Crippen molar-refractivity contribution < 1.29 is 27.2 Å². The van der Waals surface area contributed by atoms with Gasteiger partial charge in [-0.05, 0) is 31.2 Å². The number of aromatic nitrogens is 2. The van der Waals surface area contributed by atoms with E-state index in [0.29, 0.717) is 43.4 Å². The lowest BCUT2D eigenvalue weighted by Gasteiger charge is -2.37. The zero-order valence-corrected chi connectivity index (χ0v) is 18.2. The van der Waals surface area contributed by atoms with Crippen molar-refractivity contribution >= 4 is 5.91 Å². The number of halogens is 3.